The molecule has 0 aromatic heterocycles. The first-order valence-corrected chi connectivity index (χ1v) is 3.34. The molecule has 0 saturated carbocycles. The zero-order valence-corrected chi connectivity index (χ0v) is 6.36. The van der Waals surface area contributed by atoms with E-state index in [1.54, 1.807) is 25.2 Å². The minimum Gasteiger partial charge on any atom is -0.390 e. The van der Waals surface area contributed by atoms with Crippen molar-refractivity contribution in [1.29, 1.82) is 0 Å². The Labute approximate surface area is 61.5 Å². The maximum absolute atomic E-state index is 8.98. The van der Waals surface area contributed by atoms with Crippen LogP contribution in [-0.2, 0) is 0 Å². The summed E-state index contributed by atoms with van der Waals surface area (Å²) in [6.45, 7) is 3.43. The molecule has 0 saturated heterocycles. The zero-order valence-electron chi connectivity index (χ0n) is 6.36. The van der Waals surface area contributed by atoms with Gasteiger partial charge in [-0.05, 0) is 13.8 Å². The Morgan fingerprint density at radius 3 is 2.20 bits per heavy atom. The number of allylic oxidation sites excluding steroid dienone is 3. The highest BCUT2D eigenvalue weighted by Crippen LogP contribution is 1.93. The number of hydrogen-bond acceptors (Lipinski definition) is 2. The summed E-state index contributed by atoms with van der Waals surface area (Å²) in [5, 5.41) is 17.8. The second-order valence-corrected chi connectivity index (χ2v) is 2.14. The fraction of sp³-hybridized carbons (Fsp3) is 0.500. The van der Waals surface area contributed by atoms with Crippen LogP contribution in [0.2, 0.25) is 0 Å². The Morgan fingerprint density at radius 2 is 1.80 bits per heavy atom. The summed E-state index contributed by atoms with van der Waals surface area (Å²) in [6, 6.07) is 0. The van der Waals surface area contributed by atoms with E-state index < -0.39 is 12.2 Å². The number of rotatable bonds is 3. The van der Waals surface area contributed by atoms with E-state index in [0.29, 0.717) is 0 Å². The van der Waals surface area contributed by atoms with Crippen molar-refractivity contribution in [3.63, 3.8) is 0 Å². The molecule has 0 aromatic rings. The largest absolute Gasteiger partial charge is 0.390 e. The first-order valence-electron chi connectivity index (χ1n) is 3.34. The van der Waals surface area contributed by atoms with E-state index in [1.165, 1.54) is 0 Å². The highest BCUT2D eigenvalue weighted by Gasteiger charge is 2.03. The summed E-state index contributed by atoms with van der Waals surface area (Å²) in [7, 11) is 0. The first-order chi connectivity index (χ1) is 4.68. The van der Waals surface area contributed by atoms with Gasteiger partial charge in [0.2, 0.25) is 0 Å². The van der Waals surface area contributed by atoms with Crippen molar-refractivity contribution in [3.05, 3.63) is 24.3 Å². The average Bonchev–Trinajstić information content (AvgIpc) is 1.88. The van der Waals surface area contributed by atoms with Crippen LogP contribution in [-0.4, -0.2) is 22.4 Å². The quantitative estimate of drug-likeness (QED) is 0.574. The zero-order chi connectivity index (χ0) is 7.98. The predicted octanol–water partition coefficient (Wildman–Crippen LogP) is 0.860. The van der Waals surface area contributed by atoms with Crippen molar-refractivity contribution in [1.82, 2.24) is 0 Å². The lowest BCUT2D eigenvalue weighted by molar-refractivity contribution is 0.0619. The first kappa shape index (κ1) is 9.40. The van der Waals surface area contributed by atoms with E-state index in [-0.39, 0.29) is 0 Å². The average molecular weight is 142 g/mol. The third kappa shape index (κ3) is 4.30. The van der Waals surface area contributed by atoms with Crippen LogP contribution in [0.1, 0.15) is 13.8 Å². The van der Waals surface area contributed by atoms with Crippen molar-refractivity contribution < 1.29 is 10.2 Å². The van der Waals surface area contributed by atoms with Gasteiger partial charge in [0.1, 0.15) is 0 Å². The van der Waals surface area contributed by atoms with Gasteiger partial charge >= 0.3 is 0 Å². The second-order valence-electron chi connectivity index (χ2n) is 2.14. The third-order valence-corrected chi connectivity index (χ3v) is 1.11. The lowest BCUT2D eigenvalue weighted by Gasteiger charge is -2.06. The molecule has 0 aliphatic heterocycles. The van der Waals surface area contributed by atoms with Crippen molar-refractivity contribution in [3.8, 4) is 0 Å². The van der Waals surface area contributed by atoms with Crippen molar-refractivity contribution in [2.45, 2.75) is 26.1 Å². The van der Waals surface area contributed by atoms with E-state index in [0.717, 1.165) is 0 Å². The Bertz CT molecular complexity index is 125. The van der Waals surface area contributed by atoms with E-state index in [9.17, 15) is 0 Å². The van der Waals surface area contributed by atoms with Crippen LogP contribution in [0.25, 0.3) is 0 Å². The Morgan fingerprint density at radius 1 is 1.20 bits per heavy atom. The van der Waals surface area contributed by atoms with Crippen LogP contribution in [0.15, 0.2) is 24.3 Å². The molecule has 0 amide bonds. The van der Waals surface area contributed by atoms with Crippen LogP contribution >= 0.6 is 0 Å². The van der Waals surface area contributed by atoms with Gasteiger partial charge in [-0.3, -0.25) is 0 Å². The fourth-order valence-corrected chi connectivity index (χ4v) is 0.450. The molecule has 0 heterocycles. The standard InChI is InChI=1S/C8H14O2/c1-3-4-5-6-8(10)7(2)9/h3-10H,1-2H3/b4-3+,6-5+/t7-,8+/m0/s1. The molecule has 58 valence electrons. The molecule has 0 aliphatic carbocycles. The number of aliphatic hydroxyl groups is 2. The van der Waals surface area contributed by atoms with Crippen molar-refractivity contribution >= 4 is 0 Å². The highest BCUT2D eigenvalue weighted by atomic mass is 16.3. The van der Waals surface area contributed by atoms with Crippen LogP contribution < -0.4 is 0 Å². The van der Waals surface area contributed by atoms with Gasteiger partial charge in [0.15, 0.2) is 0 Å². The summed E-state index contributed by atoms with van der Waals surface area (Å²) < 4.78 is 0. The van der Waals surface area contributed by atoms with Gasteiger partial charge in [0.05, 0.1) is 12.2 Å². The van der Waals surface area contributed by atoms with Crippen LogP contribution in [0.4, 0.5) is 0 Å². The molecule has 2 atom stereocenters. The molecule has 0 rings (SSSR count). The summed E-state index contributed by atoms with van der Waals surface area (Å²) in [5.74, 6) is 0. The lowest BCUT2D eigenvalue weighted by atomic mass is 10.2. The molecule has 0 aliphatic rings. The van der Waals surface area contributed by atoms with Gasteiger partial charge in [-0.15, -0.1) is 0 Å². The second kappa shape index (κ2) is 5.21. The van der Waals surface area contributed by atoms with Crippen LogP contribution in [0.3, 0.4) is 0 Å². The van der Waals surface area contributed by atoms with Crippen LogP contribution in [0.5, 0.6) is 0 Å². The monoisotopic (exact) mass is 142 g/mol. The minimum absolute atomic E-state index is 0.693. The molecule has 2 heteroatoms. The maximum atomic E-state index is 8.98. The molecule has 2 nitrogen and oxygen atoms in total. The summed E-state index contributed by atoms with van der Waals surface area (Å²) in [6.07, 6.45) is 5.46. The van der Waals surface area contributed by atoms with Crippen molar-refractivity contribution in [2.24, 2.45) is 0 Å². The lowest BCUT2D eigenvalue weighted by Crippen LogP contribution is -2.19. The Hall–Kier alpha value is -0.600. The van der Waals surface area contributed by atoms with Crippen molar-refractivity contribution in [2.75, 3.05) is 0 Å². The predicted molar refractivity (Wildman–Crippen MR) is 41.6 cm³/mol. The fourth-order valence-electron chi connectivity index (χ4n) is 0.450. The molecule has 0 fully saturated rings. The van der Waals surface area contributed by atoms with Gasteiger partial charge in [0.25, 0.3) is 0 Å². The van der Waals surface area contributed by atoms with Gasteiger partial charge < -0.3 is 10.2 Å². The Balaban J connectivity index is 3.66. The molecular weight excluding hydrogens is 128 g/mol. The molecule has 0 unspecified atom stereocenters. The summed E-state index contributed by atoms with van der Waals surface area (Å²) in [5.41, 5.74) is 0. The third-order valence-electron chi connectivity index (χ3n) is 1.11. The normalized spacial score (nSPS) is 18.4. The highest BCUT2D eigenvalue weighted by molar-refractivity contribution is 5.04. The smallest absolute Gasteiger partial charge is 0.0980 e. The Kier molecular flexibility index (Phi) is 4.89. The van der Waals surface area contributed by atoms with E-state index >= 15 is 0 Å². The SMILES string of the molecule is C/C=C/C=C/[C@@H](O)[C@H](C)O. The van der Waals surface area contributed by atoms with E-state index in [1.807, 2.05) is 13.0 Å². The molecular formula is C8H14O2. The topological polar surface area (TPSA) is 40.5 Å². The number of aliphatic hydroxyl groups excluding tert-OH is 2. The molecule has 0 aromatic carbocycles. The summed E-state index contributed by atoms with van der Waals surface area (Å²) >= 11 is 0. The van der Waals surface area contributed by atoms with E-state index in [4.69, 9.17) is 10.2 Å². The molecule has 0 bridgehead atoms. The van der Waals surface area contributed by atoms with Gasteiger partial charge in [-0.25, -0.2) is 0 Å². The van der Waals surface area contributed by atoms with E-state index in [2.05, 4.69) is 0 Å². The van der Waals surface area contributed by atoms with Gasteiger partial charge in [-0.1, -0.05) is 24.3 Å². The number of hydrogen-bond donors (Lipinski definition) is 2. The maximum Gasteiger partial charge on any atom is 0.0980 e. The molecule has 2 N–H and O–H groups in total. The summed E-state index contributed by atoms with van der Waals surface area (Å²) in [4.78, 5) is 0. The molecule has 0 spiro atoms. The van der Waals surface area contributed by atoms with Gasteiger partial charge in [0, 0.05) is 0 Å². The molecule has 0 radical (unpaired) electrons. The van der Waals surface area contributed by atoms with Crippen LogP contribution in [0, 0.1) is 0 Å². The van der Waals surface area contributed by atoms with Gasteiger partial charge in [-0.2, -0.15) is 0 Å². The molecule has 10 heavy (non-hydrogen) atoms. The minimum atomic E-state index is -0.754.